The summed E-state index contributed by atoms with van der Waals surface area (Å²) >= 11 is 5.14. The smallest absolute Gasteiger partial charge is 0.170 e. The van der Waals surface area contributed by atoms with Gasteiger partial charge in [-0.15, -0.1) is 0 Å². The summed E-state index contributed by atoms with van der Waals surface area (Å²) in [7, 11) is 0. The minimum absolute atomic E-state index is 0.300. The Morgan fingerprint density at radius 3 is 2.65 bits per heavy atom. The Bertz CT molecular complexity index is 365. The second kappa shape index (κ2) is 7.79. The molecule has 1 aromatic rings. The van der Waals surface area contributed by atoms with Crippen LogP contribution in [0.15, 0.2) is 30.3 Å². The molecule has 0 atom stereocenters. The van der Waals surface area contributed by atoms with Crippen LogP contribution in [0.3, 0.4) is 0 Å². The van der Waals surface area contributed by atoms with Gasteiger partial charge in [0.25, 0.3) is 0 Å². The van der Waals surface area contributed by atoms with E-state index in [9.17, 15) is 4.79 Å². The molecule has 92 valence electrons. The first kappa shape index (κ1) is 13.6. The molecule has 17 heavy (non-hydrogen) atoms. The van der Waals surface area contributed by atoms with Gasteiger partial charge in [-0.1, -0.05) is 25.1 Å². The number of nitrogens with one attached hydrogen (secondary N) is 2. The van der Waals surface area contributed by atoms with Crippen LogP contribution in [-0.2, 0) is 4.79 Å². The van der Waals surface area contributed by atoms with Crippen molar-refractivity contribution in [1.29, 1.82) is 0 Å². The summed E-state index contributed by atoms with van der Waals surface area (Å²) in [6, 6.07) is 9.76. The quantitative estimate of drug-likeness (QED) is 0.601. The molecular formula is C13H18N2OS. The highest BCUT2D eigenvalue weighted by molar-refractivity contribution is 7.80. The molecule has 0 aliphatic heterocycles. The number of carbonyl (C=O) groups is 1. The van der Waals surface area contributed by atoms with Gasteiger partial charge in [0.1, 0.15) is 5.78 Å². The molecule has 0 aromatic heterocycles. The van der Waals surface area contributed by atoms with Gasteiger partial charge in [0, 0.05) is 25.1 Å². The molecule has 1 aromatic carbocycles. The summed E-state index contributed by atoms with van der Waals surface area (Å²) in [5.74, 6) is 0.300. The number of anilines is 1. The highest BCUT2D eigenvalue weighted by Crippen LogP contribution is 2.04. The Kier molecular flexibility index (Phi) is 6.25. The fraction of sp³-hybridized carbons (Fsp3) is 0.385. The first-order valence-corrected chi connectivity index (χ1v) is 6.24. The van der Waals surface area contributed by atoms with Crippen LogP contribution in [-0.4, -0.2) is 17.4 Å². The van der Waals surface area contributed by atoms with Crippen molar-refractivity contribution >= 4 is 28.8 Å². The number of thiocarbonyl (C=S) groups is 1. The standard InChI is InChI=1S/C13H18N2OS/c1-2-12(16)9-6-10-14-13(17)15-11-7-4-3-5-8-11/h3-5,7-8H,2,6,9-10H2,1H3,(H2,14,15,17). The van der Waals surface area contributed by atoms with Crippen molar-refractivity contribution in [3.63, 3.8) is 0 Å². The Balaban J connectivity index is 2.16. The maximum atomic E-state index is 11.1. The molecule has 0 saturated heterocycles. The first-order valence-electron chi connectivity index (χ1n) is 5.84. The zero-order valence-electron chi connectivity index (χ0n) is 10.0. The van der Waals surface area contributed by atoms with Crippen molar-refractivity contribution in [3.05, 3.63) is 30.3 Å². The first-order chi connectivity index (χ1) is 8.22. The van der Waals surface area contributed by atoms with Gasteiger partial charge in [0.05, 0.1) is 0 Å². The van der Waals surface area contributed by atoms with Gasteiger partial charge >= 0.3 is 0 Å². The van der Waals surface area contributed by atoms with Gasteiger partial charge in [-0.2, -0.15) is 0 Å². The SMILES string of the molecule is CCC(=O)CCCNC(=S)Nc1ccccc1. The van der Waals surface area contributed by atoms with Gasteiger partial charge in [0.15, 0.2) is 5.11 Å². The molecule has 3 nitrogen and oxygen atoms in total. The minimum atomic E-state index is 0.300. The lowest BCUT2D eigenvalue weighted by Gasteiger charge is -2.09. The van der Waals surface area contributed by atoms with Crippen molar-refractivity contribution in [3.8, 4) is 0 Å². The van der Waals surface area contributed by atoms with Crippen LogP contribution in [0.4, 0.5) is 5.69 Å². The predicted molar refractivity (Wildman–Crippen MR) is 75.2 cm³/mol. The molecule has 0 aliphatic rings. The van der Waals surface area contributed by atoms with Crippen LogP contribution in [0, 0.1) is 0 Å². The van der Waals surface area contributed by atoms with Crippen LogP contribution in [0.5, 0.6) is 0 Å². The maximum Gasteiger partial charge on any atom is 0.170 e. The third-order valence-electron chi connectivity index (χ3n) is 2.34. The Morgan fingerprint density at radius 1 is 1.29 bits per heavy atom. The molecule has 0 heterocycles. The predicted octanol–water partition coefficient (Wildman–Crippen LogP) is 2.73. The molecule has 0 bridgehead atoms. The lowest BCUT2D eigenvalue weighted by molar-refractivity contribution is -0.118. The second-order valence-electron chi connectivity index (χ2n) is 3.74. The van der Waals surface area contributed by atoms with E-state index in [0.717, 1.165) is 18.7 Å². The summed E-state index contributed by atoms with van der Waals surface area (Å²) in [6.45, 7) is 2.61. The number of ketones is 1. The van der Waals surface area contributed by atoms with Crippen LogP contribution in [0.25, 0.3) is 0 Å². The van der Waals surface area contributed by atoms with Gasteiger partial charge in [0.2, 0.25) is 0 Å². The minimum Gasteiger partial charge on any atom is -0.362 e. The molecule has 0 radical (unpaired) electrons. The van der Waals surface area contributed by atoms with E-state index in [0.29, 0.717) is 23.7 Å². The van der Waals surface area contributed by atoms with Crippen LogP contribution < -0.4 is 10.6 Å². The second-order valence-corrected chi connectivity index (χ2v) is 4.15. The van der Waals surface area contributed by atoms with E-state index in [1.165, 1.54) is 0 Å². The van der Waals surface area contributed by atoms with E-state index in [1.54, 1.807) is 0 Å². The summed E-state index contributed by atoms with van der Waals surface area (Å²) < 4.78 is 0. The van der Waals surface area contributed by atoms with E-state index in [1.807, 2.05) is 37.3 Å². The van der Waals surface area contributed by atoms with Crippen molar-refractivity contribution in [2.45, 2.75) is 26.2 Å². The van der Waals surface area contributed by atoms with E-state index in [-0.39, 0.29) is 0 Å². The molecule has 1 rings (SSSR count). The van der Waals surface area contributed by atoms with Crippen molar-refractivity contribution in [2.24, 2.45) is 0 Å². The monoisotopic (exact) mass is 250 g/mol. The summed E-state index contributed by atoms with van der Waals surface area (Å²) in [6.07, 6.45) is 2.06. The number of Topliss-reactive ketones (excluding diaryl/α,β-unsaturated/α-hetero) is 1. The molecule has 0 amide bonds. The van der Waals surface area contributed by atoms with Crippen molar-refractivity contribution in [1.82, 2.24) is 5.32 Å². The number of carbonyl (C=O) groups excluding carboxylic acids is 1. The number of benzene rings is 1. The zero-order chi connectivity index (χ0) is 12.5. The molecule has 0 saturated carbocycles. The van der Waals surface area contributed by atoms with Gasteiger partial charge in [-0.05, 0) is 30.8 Å². The number of rotatable bonds is 6. The lowest BCUT2D eigenvalue weighted by Crippen LogP contribution is -2.29. The topological polar surface area (TPSA) is 41.1 Å². The number of hydrogen-bond donors (Lipinski definition) is 2. The zero-order valence-corrected chi connectivity index (χ0v) is 10.8. The fourth-order valence-corrected chi connectivity index (χ4v) is 1.58. The number of hydrogen-bond acceptors (Lipinski definition) is 2. The summed E-state index contributed by atoms with van der Waals surface area (Å²) in [5.41, 5.74) is 0.967. The largest absolute Gasteiger partial charge is 0.362 e. The van der Waals surface area contributed by atoms with Gasteiger partial charge < -0.3 is 10.6 Å². The third-order valence-corrected chi connectivity index (χ3v) is 2.59. The van der Waals surface area contributed by atoms with Gasteiger partial charge in [-0.25, -0.2) is 0 Å². The Labute approximate surface area is 108 Å². The normalized spacial score (nSPS) is 9.71. The highest BCUT2D eigenvalue weighted by Gasteiger charge is 1.99. The van der Waals surface area contributed by atoms with Crippen molar-refractivity contribution in [2.75, 3.05) is 11.9 Å². The van der Waals surface area contributed by atoms with E-state index < -0.39 is 0 Å². The van der Waals surface area contributed by atoms with E-state index in [4.69, 9.17) is 12.2 Å². The lowest BCUT2D eigenvalue weighted by atomic mass is 10.2. The van der Waals surface area contributed by atoms with Crippen LogP contribution in [0.2, 0.25) is 0 Å². The fourth-order valence-electron chi connectivity index (χ4n) is 1.36. The van der Waals surface area contributed by atoms with Gasteiger partial charge in [-0.3, -0.25) is 4.79 Å². The molecule has 0 unspecified atom stereocenters. The highest BCUT2D eigenvalue weighted by atomic mass is 32.1. The summed E-state index contributed by atoms with van der Waals surface area (Å²) in [5, 5.41) is 6.76. The Morgan fingerprint density at radius 2 is 2.00 bits per heavy atom. The van der Waals surface area contributed by atoms with Crippen LogP contribution in [0.1, 0.15) is 26.2 Å². The molecular weight excluding hydrogens is 232 g/mol. The molecule has 0 fully saturated rings. The molecule has 4 heteroatoms. The van der Waals surface area contributed by atoms with Crippen molar-refractivity contribution < 1.29 is 4.79 Å². The molecule has 2 N–H and O–H groups in total. The maximum absolute atomic E-state index is 11.1. The average Bonchev–Trinajstić information content (AvgIpc) is 2.35. The van der Waals surface area contributed by atoms with Crippen LogP contribution >= 0.6 is 12.2 Å². The Hall–Kier alpha value is -1.42. The summed E-state index contributed by atoms with van der Waals surface area (Å²) in [4.78, 5) is 11.1. The van der Waals surface area contributed by atoms with E-state index >= 15 is 0 Å². The van der Waals surface area contributed by atoms with E-state index in [2.05, 4.69) is 10.6 Å². The third kappa shape index (κ3) is 6.02. The number of para-hydroxylation sites is 1. The average molecular weight is 250 g/mol. The molecule has 0 aliphatic carbocycles. The molecule has 0 spiro atoms.